The fourth-order valence-electron chi connectivity index (χ4n) is 4.65. The Labute approximate surface area is 201 Å². The summed E-state index contributed by atoms with van der Waals surface area (Å²) in [6.45, 7) is 2.17. The van der Waals surface area contributed by atoms with Crippen LogP contribution in [-0.2, 0) is 29.0 Å². The lowest BCUT2D eigenvalue weighted by Crippen LogP contribution is -2.44. The molecule has 0 aliphatic carbocycles. The number of hydrogen-bond acceptors (Lipinski definition) is 4. The summed E-state index contributed by atoms with van der Waals surface area (Å²) in [6.07, 6.45) is 6.19. The van der Waals surface area contributed by atoms with Crippen LogP contribution in [0.2, 0.25) is 0 Å². The highest BCUT2D eigenvalue weighted by molar-refractivity contribution is 5.98. The summed E-state index contributed by atoms with van der Waals surface area (Å²) < 4.78 is 16.8. The van der Waals surface area contributed by atoms with Gasteiger partial charge in [0.15, 0.2) is 5.82 Å². The normalized spacial score (nSPS) is 14.2. The Morgan fingerprint density at radius 3 is 2.86 bits per heavy atom. The van der Waals surface area contributed by atoms with Crippen LogP contribution in [0.4, 0.5) is 10.1 Å². The Morgan fingerprint density at radius 2 is 2.00 bits per heavy atom. The topological polar surface area (TPSA) is 105 Å². The van der Waals surface area contributed by atoms with Gasteiger partial charge in [-0.25, -0.2) is 4.39 Å². The van der Waals surface area contributed by atoms with Crippen molar-refractivity contribution in [3.05, 3.63) is 65.9 Å². The number of fused-ring (bicyclic) bond motifs is 2. The molecule has 0 bridgehead atoms. The van der Waals surface area contributed by atoms with E-state index < -0.39 is 17.8 Å². The maximum absolute atomic E-state index is 14.7. The largest absolute Gasteiger partial charge is 0.361 e. The monoisotopic (exact) mass is 474 g/mol. The van der Waals surface area contributed by atoms with Gasteiger partial charge in [-0.15, -0.1) is 10.2 Å². The molecule has 3 heterocycles. The number of hydrogen-bond donors (Lipinski definition) is 3. The van der Waals surface area contributed by atoms with Crippen molar-refractivity contribution in [2.75, 3.05) is 5.32 Å². The van der Waals surface area contributed by atoms with E-state index in [1.165, 1.54) is 13.0 Å². The van der Waals surface area contributed by atoms with Crippen molar-refractivity contribution in [3.63, 3.8) is 0 Å². The highest BCUT2D eigenvalue weighted by Crippen LogP contribution is 2.27. The quantitative estimate of drug-likeness (QED) is 0.393. The van der Waals surface area contributed by atoms with Gasteiger partial charge in [0.25, 0.3) is 0 Å². The SMILES string of the molecule is CC(=O)NC(Cc1c[nH]c2ccccc12)C(=O)Nc1cc(-c2nnc3n2CCCCC3)ccc1F. The van der Waals surface area contributed by atoms with Crippen LogP contribution in [-0.4, -0.2) is 37.6 Å². The van der Waals surface area contributed by atoms with Gasteiger partial charge >= 0.3 is 0 Å². The number of aromatic nitrogens is 4. The molecule has 2 amide bonds. The molecule has 5 rings (SSSR count). The lowest BCUT2D eigenvalue weighted by molar-refractivity contribution is -0.125. The van der Waals surface area contributed by atoms with E-state index in [1.54, 1.807) is 12.1 Å². The van der Waals surface area contributed by atoms with Gasteiger partial charge in [-0.05, 0) is 42.7 Å². The number of anilines is 1. The number of H-pyrrole nitrogens is 1. The van der Waals surface area contributed by atoms with Crippen LogP contribution in [0.25, 0.3) is 22.3 Å². The molecule has 35 heavy (non-hydrogen) atoms. The molecule has 9 heteroatoms. The van der Waals surface area contributed by atoms with Crippen LogP contribution in [0, 0.1) is 5.82 Å². The highest BCUT2D eigenvalue weighted by atomic mass is 19.1. The van der Waals surface area contributed by atoms with Crippen molar-refractivity contribution in [2.45, 2.75) is 51.6 Å². The number of halogens is 1. The first kappa shape index (κ1) is 22.8. The van der Waals surface area contributed by atoms with Gasteiger partial charge in [0.1, 0.15) is 17.7 Å². The van der Waals surface area contributed by atoms with E-state index in [2.05, 4.69) is 30.4 Å². The van der Waals surface area contributed by atoms with Crippen molar-refractivity contribution in [3.8, 4) is 11.4 Å². The molecule has 1 aliphatic rings. The third kappa shape index (κ3) is 4.80. The van der Waals surface area contributed by atoms with Crippen molar-refractivity contribution >= 4 is 28.4 Å². The van der Waals surface area contributed by atoms with Gasteiger partial charge in [-0.2, -0.15) is 0 Å². The second-order valence-corrected chi connectivity index (χ2v) is 8.90. The van der Waals surface area contributed by atoms with Gasteiger partial charge in [-0.3, -0.25) is 9.59 Å². The maximum Gasteiger partial charge on any atom is 0.247 e. The Kier molecular flexibility index (Phi) is 6.31. The average Bonchev–Trinajstić information content (AvgIpc) is 3.36. The number of para-hydroxylation sites is 1. The van der Waals surface area contributed by atoms with Gasteiger partial charge in [0, 0.05) is 49.0 Å². The molecule has 0 spiro atoms. The molecule has 0 fully saturated rings. The zero-order valence-electron chi connectivity index (χ0n) is 19.5. The predicted octanol–water partition coefficient (Wildman–Crippen LogP) is 3.98. The Balaban J connectivity index is 1.40. The molecule has 8 nitrogen and oxygen atoms in total. The number of amides is 2. The predicted molar refractivity (Wildman–Crippen MR) is 131 cm³/mol. The fraction of sp³-hybridized carbons (Fsp3) is 0.308. The number of carbonyl (C=O) groups is 2. The van der Waals surface area contributed by atoms with Crippen molar-refractivity contribution in [1.82, 2.24) is 25.1 Å². The minimum Gasteiger partial charge on any atom is -0.361 e. The summed E-state index contributed by atoms with van der Waals surface area (Å²) in [7, 11) is 0. The first-order chi connectivity index (χ1) is 17.0. The summed E-state index contributed by atoms with van der Waals surface area (Å²) in [6, 6.07) is 11.4. The number of carbonyl (C=O) groups excluding carboxylic acids is 2. The summed E-state index contributed by atoms with van der Waals surface area (Å²) in [4.78, 5) is 28.2. The molecule has 2 aromatic carbocycles. The number of aryl methyl sites for hydroxylation is 1. The zero-order valence-corrected chi connectivity index (χ0v) is 19.5. The second kappa shape index (κ2) is 9.69. The summed E-state index contributed by atoms with van der Waals surface area (Å²) >= 11 is 0. The van der Waals surface area contributed by atoms with Crippen molar-refractivity contribution in [2.24, 2.45) is 0 Å². The smallest absolute Gasteiger partial charge is 0.247 e. The summed E-state index contributed by atoms with van der Waals surface area (Å²) in [5.41, 5.74) is 2.54. The molecule has 0 radical (unpaired) electrons. The molecular weight excluding hydrogens is 447 g/mol. The van der Waals surface area contributed by atoms with Crippen LogP contribution in [0.15, 0.2) is 48.7 Å². The molecular formula is C26H27FN6O2. The second-order valence-electron chi connectivity index (χ2n) is 8.90. The lowest BCUT2D eigenvalue weighted by atomic mass is 10.0. The van der Waals surface area contributed by atoms with Crippen LogP contribution < -0.4 is 10.6 Å². The van der Waals surface area contributed by atoms with Crippen LogP contribution in [0.1, 0.15) is 37.6 Å². The van der Waals surface area contributed by atoms with E-state index >= 15 is 0 Å². The van der Waals surface area contributed by atoms with Crippen LogP contribution in [0.3, 0.4) is 0 Å². The van der Waals surface area contributed by atoms with E-state index in [1.807, 2.05) is 30.5 Å². The Hall–Kier alpha value is -4.01. The first-order valence-electron chi connectivity index (χ1n) is 11.8. The van der Waals surface area contributed by atoms with Gasteiger partial charge < -0.3 is 20.2 Å². The number of nitrogens with zero attached hydrogens (tertiary/aromatic N) is 3. The van der Waals surface area contributed by atoms with Gasteiger partial charge in [0.05, 0.1) is 5.69 Å². The number of aromatic amines is 1. The number of rotatable bonds is 6. The first-order valence-corrected chi connectivity index (χ1v) is 11.8. The van der Waals surface area contributed by atoms with E-state index in [0.29, 0.717) is 11.4 Å². The molecule has 1 atom stereocenters. The van der Waals surface area contributed by atoms with E-state index in [-0.39, 0.29) is 18.0 Å². The third-order valence-corrected chi connectivity index (χ3v) is 6.38. The number of benzene rings is 2. The van der Waals surface area contributed by atoms with Gasteiger partial charge in [0.2, 0.25) is 11.8 Å². The standard InChI is InChI=1S/C26H27FN6O2/c1-16(34)29-23(14-18-15-28-21-8-5-4-7-19(18)21)26(35)30-22-13-17(10-11-20(22)27)25-32-31-24-9-3-2-6-12-33(24)25/h4-5,7-8,10-11,13,15,23,28H,2-3,6,9,12,14H2,1H3,(H,29,34)(H,30,35). The number of nitrogens with one attached hydrogen (secondary N) is 3. The molecule has 0 saturated carbocycles. The zero-order chi connectivity index (χ0) is 24.4. The minimum atomic E-state index is -0.876. The average molecular weight is 475 g/mol. The van der Waals surface area contributed by atoms with E-state index in [0.717, 1.165) is 54.5 Å². The van der Waals surface area contributed by atoms with Crippen LogP contribution in [0.5, 0.6) is 0 Å². The van der Waals surface area contributed by atoms with Crippen LogP contribution >= 0.6 is 0 Å². The molecule has 1 unspecified atom stereocenters. The molecule has 4 aromatic rings. The van der Waals surface area contributed by atoms with Crippen molar-refractivity contribution in [1.29, 1.82) is 0 Å². The molecule has 180 valence electrons. The fourth-order valence-corrected chi connectivity index (χ4v) is 4.65. The maximum atomic E-state index is 14.7. The Bertz CT molecular complexity index is 1390. The van der Waals surface area contributed by atoms with Crippen molar-refractivity contribution < 1.29 is 14.0 Å². The Morgan fingerprint density at radius 1 is 1.14 bits per heavy atom. The van der Waals surface area contributed by atoms with E-state index in [9.17, 15) is 14.0 Å². The molecule has 0 saturated heterocycles. The van der Waals surface area contributed by atoms with Gasteiger partial charge in [-0.1, -0.05) is 24.6 Å². The molecule has 2 aromatic heterocycles. The summed E-state index contributed by atoms with van der Waals surface area (Å²) in [5.74, 6) is 0.185. The third-order valence-electron chi connectivity index (χ3n) is 6.38. The minimum absolute atomic E-state index is 0.0350. The molecule has 1 aliphatic heterocycles. The highest BCUT2D eigenvalue weighted by Gasteiger charge is 2.23. The summed E-state index contributed by atoms with van der Waals surface area (Å²) in [5, 5.41) is 15.0. The molecule has 3 N–H and O–H groups in total. The lowest BCUT2D eigenvalue weighted by Gasteiger charge is -2.18. The van der Waals surface area contributed by atoms with E-state index in [4.69, 9.17) is 0 Å².